The lowest BCUT2D eigenvalue weighted by atomic mass is 9.80. The van der Waals surface area contributed by atoms with Crippen molar-refractivity contribution in [2.75, 3.05) is 7.11 Å². The summed E-state index contributed by atoms with van der Waals surface area (Å²) in [4.78, 5) is 12.6. The average molecular weight is 403 g/mol. The van der Waals surface area contributed by atoms with E-state index in [1.165, 1.54) is 7.11 Å². The van der Waals surface area contributed by atoms with Crippen LogP contribution in [0.4, 0.5) is 0 Å². The number of rotatable bonds is 8. The largest absolute Gasteiger partial charge is 0.546 e. The first-order valence-corrected chi connectivity index (χ1v) is 12.9. The summed E-state index contributed by atoms with van der Waals surface area (Å²) in [6, 6.07) is 10.0. The molecule has 0 amide bonds. The van der Waals surface area contributed by atoms with E-state index < -0.39 is 8.32 Å². The molecule has 0 aliphatic heterocycles. The van der Waals surface area contributed by atoms with Crippen molar-refractivity contribution < 1.29 is 14.0 Å². The maximum Gasteiger partial charge on any atom is 0.313 e. The Morgan fingerprint density at radius 1 is 1.00 bits per heavy atom. The van der Waals surface area contributed by atoms with E-state index in [4.69, 9.17) is 9.16 Å². The molecule has 1 aromatic carbocycles. The van der Waals surface area contributed by atoms with Gasteiger partial charge in [0.25, 0.3) is 8.32 Å². The van der Waals surface area contributed by atoms with Gasteiger partial charge in [0.05, 0.1) is 18.8 Å². The third kappa shape index (κ3) is 4.70. The number of allylic oxidation sites excluding steroid dienone is 2. The van der Waals surface area contributed by atoms with Gasteiger partial charge in [-0.3, -0.25) is 4.79 Å². The zero-order valence-electron chi connectivity index (χ0n) is 18.7. The summed E-state index contributed by atoms with van der Waals surface area (Å²) in [6.45, 7) is 13.9. The zero-order valence-corrected chi connectivity index (χ0v) is 19.7. The number of methoxy groups -OCH3 is 1. The van der Waals surface area contributed by atoms with Crippen LogP contribution in [0.1, 0.15) is 72.3 Å². The second-order valence-corrected chi connectivity index (χ2v) is 14.4. The van der Waals surface area contributed by atoms with Crippen LogP contribution in [0.3, 0.4) is 0 Å². The number of hydrogen-bond donors (Lipinski definition) is 0. The summed E-state index contributed by atoms with van der Waals surface area (Å²) in [5, 5.41) is 0. The summed E-state index contributed by atoms with van der Waals surface area (Å²) in [5.74, 6) is 0.799. The van der Waals surface area contributed by atoms with Gasteiger partial charge in [0.15, 0.2) is 0 Å². The van der Waals surface area contributed by atoms with Gasteiger partial charge < -0.3 is 9.16 Å². The Morgan fingerprint density at radius 2 is 1.57 bits per heavy atom. The molecule has 2 atom stereocenters. The van der Waals surface area contributed by atoms with Gasteiger partial charge in [-0.15, -0.1) is 0 Å². The van der Waals surface area contributed by atoms with Crippen LogP contribution in [0.15, 0.2) is 42.2 Å². The molecule has 4 heteroatoms. The number of hydrogen-bond acceptors (Lipinski definition) is 3. The summed E-state index contributed by atoms with van der Waals surface area (Å²) in [5.41, 5.74) is 2.65. The van der Waals surface area contributed by atoms with Crippen LogP contribution in [0.2, 0.25) is 16.6 Å². The highest BCUT2D eigenvalue weighted by Gasteiger charge is 2.47. The lowest BCUT2D eigenvalue weighted by Crippen LogP contribution is -2.47. The lowest BCUT2D eigenvalue weighted by Gasteiger charge is -2.44. The molecule has 1 aromatic rings. The van der Waals surface area contributed by atoms with Crippen LogP contribution in [-0.2, 0) is 14.0 Å². The minimum absolute atomic E-state index is 0.122. The van der Waals surface area contributed by atoms with Gasteiger partial charge in [-0.1, -0.05) is 71.9 Å². The van der Waals surface area contributed by atoms with Gasteiger partial charge in [-0.25, -0.2) is 0 Å². The van der Waals surface area contributed by atoms with E-state index in [1.54, 1.807) is 0 Å². The fourth-order valence-electron chi connectivity index (χ4n) is 5.19. The van der Waals surface area contributed by atoms with Crippen LogP contribution in [0.25, 0.3) is 0 Å². The first-order chi connectivity index (χ1) is 13.2. The first-order valence-electron chi connectivity index (χ1n) is 10.8. The van der Waals surface area contributed by atoms with Crippen LogP contribution < -0.4 is 0 Å². The molecule has 28 heavy (non-hydrogen) atoms. The molecule has 0 aromatic heterocycles. The Labute approximate surface area is 172 Å². The van der Waals surface area contributed by atoms with Crippen LogP contribution >= 0.6 is 0 Å². The van der Waals surface area contributed by atoms with E-state index >= 15 is 0 Å². The Kier molecular flexibility index (Phi) is 7.94. The smallest absolute Gasteiger partial charge is 0.313 e. The normalized spacial score (nSPS) is 18.9. The SMILES string of the molecule is COC(=O)[C@@H](c1ccccc1)[C@@H]1C=C(O[Si](C(C)C)(C(C)C)C(C)C)CCC1. The number of carbonyl (C=O) groups excluding carboxylic acids is 1. The summed E-state index contributed by atoms with van der Waals surface area (Å²) in [6.07, 6.45) is 5.25. The molecule has 0 spiro atoms. The predicted molar refractivity (Wildman–Crippen MR) is 119 cm³/mol. The Balaban J connectivity index is 2.38. The van der Waals surface area contributed by atoms with Crippen molar-refractivity contribution in [3.63, 3.8) is 0 Å². The first kappa shape index (κ1) is 22.7. The van der Waals surface area contributed by atoms with Crippen LogP contribution in [0, 0.1) is 5.92 Å². The molecular weight excluding hydrogens is 364 g/mol. The third-order valence-electron chi connectivity index (χ3n) is 6.42. The standard InChI is InChI=1S/C24H38O3Si/c1-17(2)28(18(3)4,19(5)6)27-22-15-11-14-21(16-22)23(24(25)26-7)20-12-9-8-10-13-20/h8-10,12-13,16-19,21,23H,11,14-15H2,1-7H3/t21-,23-/m0/s1. The highest BCUT2D eigenvalue weighted by Crippen LogP contribution is 2.45. The van der Waals surface area contributed by atoms with E-state index in [1.807, 2.05) is 30.3 Å². The van der Waals surface area contributed by atoms with Crippen molar-refractivity contribution in [3.8, 4) is 0 Å². The van der Waals surface area contributed by atoms with Crippen molar-refractivity contribution >= 4 is 14.3 Å². The lowest BCUT2D eigenvalue weighted by molar-refractivity contribution is -0.143. The van der Waals surface area contributed by atoms with Crippen molar-refractivity contribution in [2.24, 2.45) is 5.92 Å². The second-order valence-electron chi connectivity index (χ2n) is 9.02. The van der Waals surface area contributed by atoms with Crippen LogP contribution in [-0.4, -0.2) is 21.4 Å². The van der Waals surface area contributed by atoms with Crippen LogP contribution in [0.5, 0.6) is 0 Å². The van der Waals surface area contributed by atoms with Gasteiger partial charge in [0.1, 0.15) is 0 Å². The third-order valence-corrected chi connectivity index (χ3v) is 12.4. The zero-order chi connectivity index (χ0) is 20.9. The monoisotopic (exact) mass is 402 g/mol. The Hall–Kier alpha value is -1.55. The number of ether oxygens (including phenoxy) is 1. The topological polar surface area (TPSA) is 35.5 Å². The Morgan fingerprint density at radius 3 is 2.07 bits per heavy atom. The minimum Gasteiger partial charge on any atom is -0.546 e. The van der Waals surface area contributed by atoms with Gasteiger partial charge >= 0.3 is 5.97 Å². The van der Waals surface area contributed by atoms with E-state index in [9.17, 15) is 4.79 Å². The summed E-state index contributed by atoms with van der Waals surface area (Å²) < 4.78 is 12.1. The van der Waals surface area contributed by atoms with E-state index in [2.05, 4.69) is 47.6 Å². The van der Waals surface area contributed by atoms with E-state index in [-0.39, 0.29) is 17.8 Å². The molecule has 1 aliphatic carbocycles. The van der Waals surface area contributed by atoms with E-state index in [0.29, 0.717) is 16.6 Å². The average Bonchev–Trinajstić information content (AvgIpc) is 2.66. The molecule has 0 unspecified atom stereocenters. The van der Waals surface area contributed by atoms with Crippen molar-refractivity contribution in [2.45, 2.75) is 83.3 Å². The molecule has 0 radical (unpaired) electrons. The molecule has 2 rings (SSSR count). The number of carbonyl (C=O) groups is 1. The summed E-state index contributed by atoms with van der Waals surface area (Å²) in [7, 11) is -0.496. The fourth-order valence-corrected chi connectivity index (χ4v) is 10.5. The molecule has 0 saturated carbocycles. The highest BCUT2D eigenvalue weighted by molar-refractivity contribution is 6.77. The molecule has 0 heterocycles. The molecule has 0 bridgehead atoms. The van der Waals surface area contributed by atoms with Crippen molar-refractivity contribution in [3.05, 3.63) is 47.7 Å². The molecule has 3 nitrogen and oxygen atoms in total. The molecular formula is C24H38O3Si. The van der Waals surface area contributed by atoms with Gasteiger partial charge in [0.2, 0.25) is 0 Å². The molecule has 0 N–H and O–H groups in total. The summed E-state index contributed by atoms with van der Waals surface area (Å²) >= 11 is 0. The van der Waals surface area contributed by atoms with E-state index in [0.717, 1.165) is 30.6 Å². The second kappa shape index (κ2) is 9.77. The predicted octanol–water partition coefficient (Wildman–Crippen LogP) is 6.82. The van der Waals surface area contributed by atoms with Gasteiger partial charge in [-0.05, 0) is 47.0 Å². The number of esters is 1. The minimum atomic E-state index is -1.98. The van der Waals surface area contributed by atoms with Crippen molar-refractivity contribution in [1.29, 1.82) is 0 Å². The molecule has 156 valence electrons. The van der Waals surface area contributed by atoms with Gasteiger partial charge in [-0.2, -0.15) is 0 Å². The van der Waals surface area contributed by atoms with Crippen molar-refractivity contribution in [1.82, 2.24) is 0 Å². The highest BCUT2D eigenvalue weighted by atomic mass is 28.4. The number of benzene rings is 1. The fraction of sp³-hybridized carbons (Fsp3) is 0.625. The maximum atomic E-state index is 12.6. The maximum absolute atomic E-state index is 12.6. The molecule has 0 fully saturated rings. The quantitative estimate of drug-likeness (QED) is 0.353. The Bertz CT molecular complexity index is 642. The van der Waals surface area contributed by atoms with Gasteiger partial charge in [0, 0.05) is 6.42 Å². The molecule has 0 saturated heterocycles. The molecule has 1 aliphatic rings.